The Morgan fingerprint density at radius 2 is 1.74 bits per heavy atom. The second-order valence-electron chi connectivity index (χ2n) is 6.56. The average molecular weight is 387 g/mol. The van der Waals surface area contributed by atoms with Crippen molar-refractivity contribution in [3.63, 3.8) is 0 Å². The van der Waals surface area contributed by atoms with Crippen LogP contribution in [0.2, 0.25) is 0 Å². The molecule has 0 radical (unpaired) electrons. The minimum Gasteiger partial charge on any atom is -0.425 e. The second-order valence-corrected chi connectivity index (χ2v) is 8.37. The molecule has 3 rings (SSSR count). The summed E-state index contributed by atoms with van der Waals surface area (Å²) in [5.74, 6) is -1.44. The van der Waals surface area contributed by atoms with E-state index in [-0.39, 0.29) is 11.3 Å². The summed E-state index contributed by atoms with van der Waals surface area (Å²) in [6, 6.07) is 13.4. The van der Waals surface area contributed by atoms with Crippen molar-refractivity contribution < 1.29 is 22.7 Å². The van der Waals surface area contributed by atoms with Crippen LogP contribution in [-0.4, -0.2) is 30.6 Å². The van der Waals surface area contributed by atoms with E-state index in [1.165, 1.54) is 12.1 Å². The minimum absolute atomic E-state index is 0.00382. The van der Waals surface area contributed by atoms with E-state index in [9.17, 15) is 18.0 Å². The zero-order chi connectivity index (χ0) is 19.6. The van der Waals surface area contributed by atoms with Crippen molar-refractivity contribution in [2.75, 3.05) is 0 Å². The van der Waals surface area contributed by atoms with Crippen LogP contribution in [0.3, 0.4) is 0 Å². The fourth-order valence-corrected chi connectivity index (χ4v) is 4.81. The molecule has 142 valence electrons. The predicted molar refractivity (Wildman–Crippen MR) is 99.5 cm³/mol. The number of rotatable bonds is 5. The van der Waals surface area contributed by atoms with Gasteiger partial charge in [-0.25, -0.2) is 17.5 Å². The van der Waals surface area contributed by atoms with Gasteiger partial charge >= 0.3 is 5.97 Å². The monoisotopic (exact) mass is 387 g/mol. The Morgan fingerprint density at radius 1 is 1.11 bits per heavy atom. The Balaban J connectivity index is 1.97. The summed E-state index contributed by atoms with van der Waals surface area (Å²) >= 11 is 0. The third-order valence-electron chi connectivity index (χ3n) is 4.69. The van der Waals surface area contributed by atoms with Crippen molar-refractivity contribution in [3.8, 4) is 5.75 Å². The molecule has 0 aliphatic carbocycles. The van der Waals surface area contributed by atoms with Crippen LogP contribution in [0.15, 0.2) is 59.5 Å². The lowest BCUT2D eigenvalue weighted by Crippen LogP contribution is -2.46. The molecule has 0 aromatic heterocycles. The quantitative estimate of drug-likeness (QED) is 0.582. The smallest absolute Gasteiger partial charge is 0.335 e. The number of esters is 1. The maximum absolute atomic E-state index is 13.1. The van der Waals surface area contributed by atoms with Crippen molar-refractivity contribution in [2.45, 2.75) is 37.6 Å². The van der Waals surface area contributed by atoms with Gasteiger partial charge in [-0.1, -0.05) is 49.2 Å². The molecule has 6 nitrogen and oxygen atoms in total. The number of nitrogens with zero attached hydrogens (tertiary/aromatic N) is 1. The Kier molecular flexibility index (Phi) is 5.32. The summed E-state index contributed by atoms with van der Waals surface area (Å²) in [5, 5.41) is 0. The van der Waals surface area contributed by atoms with Crippen molar-refractivity contribution >= 4 is 21.9 Å². The first kappa shape index (κ1) is 19.1. The van der Waals surface area contributed by atoms with Gasteiger partial charge in [-0.05, 0) is 37.1 Å². The van der Waals surface area contributed by atoms with E-state index in [1.54, 1.807) is 42.5 Å². The topological polar surface area (TPSA) is 80.8 Å². The Hall–Kier alpha value is -2.67. The highest BCUT2D eigenvalue weighted by molar-refractivity contribution is 7.89. The standard InChI is InChI=1S/C20H21NO5S/c1-3-15-13-18(22)21(27(24,25)17-11-9-14(2)10-12-17)19(15)20(23)26-16-7-5-4-6-8-16/h4-12,15,19H,3,13H2,1-2H3. The van der Waals surface area contributed by atoms with Crippen molar-refractivity contribution in [1.29, 1.82) is 0 Å². The molecule has 7 heteroatoms. The molecule has 1 amide bonds. The number of carbonyl (C=O) groups excluding carboxylic acids is 2. The lowest BCUT2D eigenvalue weighted by atomic mass is 9.98. The van der Waals surface area contributed by atoms with Crippen LogP contribution in [0, 0.1) is 12.8 Å². The second kappa shape index (κ2) is 7.52. The van der Waals surface area contributed by atoms with E-state index in [4.69, 9.17) is 4.74 Å². The number of carbonyl (C=O) groups is 2. The number of ether oxygens (including phenoxy) is 1. The molecular weight excluding hydrogens is 366 g/mol. The van der Waals surface area contributed by atoms with Gasteiger partial charge in [0, 0.05) is 6.42 Å². The summed E-state index contributed by atoms with van der Waals surface area (Å²) in [6.45, 7) is 3.66. The third kappa shape index (κ3) is 3.73. The molecule has 0 bridgehead atoms. The van der Waals surface area contributed by atoms with Gasteiger partial charge in [-0.3, -0.25) is 4.79 Å². The normalized spacial score (nSPS) is 19.9. The first-order valence-electron chi connectivity index (χ1n) is 8.75. The lowest BCUT2D eigenvalue weighted by Gasteiger charge is -2.25. The summed E-state index contributed by atoms with van der Waals surface area (Å²) in [4.78, 5) is 25.3. The summed E-state index contributed by atoms with van der Waals surface area (Å²) in [7, 11) is -4.15. The van der Waals surface area contributed by atoms with Gasteiger partial charge in [0.05, 0.1) is 4.90 Å². The van der Waals surface area contributed by atoms with E-state index in [0.29, 0.717) is 16.5 Å². The zero-order valence-electron chi connectivity index (χ0n) is 15.2. The largest absolute Gasteiger partial charge is 0.425 e. The highest BCUT2D eigenvalue weighted by Gasteiger charge is 2.50. The molecule has 1 saturated heterocycles. The molecular formula is C20H21NO5S. The van der Waals surface area contributed by atoms with Crippen LogP contribution in [0.1, 0.15) is 25.3 Å². The fourth-order valence-electron chi connectivity index (χ4n) is 3.20. The average Bonchev–Trinajstić information content (AvgIpc) is 3.00. The van der Waals surface area contributed by atoms with Gasteiger partial charge in [0.15, 0.2) is 0 Å². The van der Waals surface area contributed by atoms with Crippen molar-refractivity contribution in [3.05, 3.63) is 60.2 Å². The van der Waals surface area contributed by atoms with E-state index in [2.05, 4.69) is 0 Å². The molecule has 2 atom stereocenters. The van der Waals surface area contributed by atoms with Crippen LogP contribution in [0.25, 0.3) is 0 Å². The van der Waals surface area contributed by atoms with Gasteiger partial charge in [0.25, 0.3) is 10.0 Å². The third-order valence-corrected chi connectivity index (χ3v) is 6.50. The van der Waals surface area contributed by atoms with Crippen LogP contribution >= 0.6 is 0 Å². The zero-order valence-corrected chi connectivity index (χ0v) is 16.0. The maximum Gasteiger partial charge on any atom is 0.335 e. The van der Waals surface area contributed by atoms with E-state index >= 15 is 0 Å². The van der Waals surface area contributed by atoms with Gasteiger partial charge in [0.1, 0.15) is 11.8 Å². The SMILES string of the molecule is CCC1CC(=O)N(S(=O)(=O)c2ccc(C)cc2)C1C(=O)Oc1ccccc1. The van der Waals surface area contributed by atoms with Crippen LogP contribution in [0.5, 0.6) is 5.75 Å². The molecule has 1 fully saturated rings. The number of benzene rings is 2. The number of sulfonamides is 1. The van der Waals surface area contributed by atoms with Gasteiger partial charge in [-0.15, -0.1) is 0 Å². The molecule has 1 aliphatic heterocycles. The molecule has 1 aliphatic rings. The van der Waals surface area contributed by atoms with Gasteiger partial charge in [0.2, 0.25) is 5.91 Å². The number of aryl methyl sites for hydroxylation is 1. The number of hydrogen-bond acceptors (Lipinski definition) is 5. The van der Waals surface area contributed by atoms with Crippen LogP contribution < -0.4 is 4.74 Å². The van der Waals surface area contributed by atoms with Gasteiger partial charge < -0.3 is 4.74 Å². The highest BCUT2D eigenvalue weighted by atomic mass is 32.2. The summed E-state index contributed by atoms with van der Waals surface area (Å²) < 4.78 is 32.2. The molecule has 0 spiro atoms. The molecule has 1 heterocycles. The number of para-hydroxylation sites is 1. The van der Waals surface area contributed by atoms with E-state index < -0.39 is 33.9 Å². The highest BCUT2D eigenvalue weighted by Crippen LogP contribution is 2.34. The van der Waals surface area contributed by atoms with Crippen LogP contribution in [0.4, 0.5) is 0 Å². The Morgan fingerprint density at radius 3 is 2.33 bits per heavy atom. The van der Waals surface area contributed by atoms with Crippen molar-refractivity contribution in [1.82, 2.24) is 4.31 Å². The first-order chi connectivity index (χ1) is 12.8. The van der Waals surface area contributed by atoms with E-state index in [0.717, 1.165) is 5.56 Å². The van der Waals surface area contributed by atoms with Gasteiger partial charge in [-0.2, -0.15) is 0 Å². The minimum atomic E-state index is -4.15. The number of amides is 1. The Labute approximate surface area is 158 Å². The molecule has 0 saturated carbocycles. The molecule has 2 aromatic carbocycles. The van der Waals surface area contributed by atoms with Crippen LogP contribution in [-0.2, 0) is 19.6 Å². The maximum atomic E-state index is 13.1. The Bertz CT molecular complexity index is 938. The number of hydrogen-bond donors (Lipinski definition) is 0. The fraction of sp³-hybridized carbons (Fsp3) is 0.300. The van der Waals surface area contributed by atoms with Crippen molar-refractivity contribution in [2.24, 2.45) is 5.92 Å². The summed E-state index contributed by atoms with van der Waals surface area (Å²) in [5.41, 5.74) is 0.896. The molecule has 2 aromatic rings. The predicted octanol–water partition coefficient (Wildman–Crippen LogP) is 2.92. The summed E-state index contributed by atoms with van der Waals surface area (Å²) in [6.07, 6.45) is 0.483. The molecule has 2 unspecified atom stereocenters. The first-order valence-corrected chi connectivity index (χ1v) is 10.2. The molecule has 27 heavy (non-hydrogen) atoms. The van der Waals surface area contributed by atoms with E-state index in [1.807, 2.05) is 13.8 Å². The lowest BCUT2D eigenvalue weighted by molar-refractivity contribution is -0.141. The molecule has 0 N–H and O–H groups in total.